The third-order valence-electron chi connectivity index (χ3n) is 6.40. The van der Waals surface area contributed by atoms with Gasteiger partial charge in [0.1, 0.15) is 5.82 Å². The smallest absolute Gasteiger partial charge is 0.261 e. The maximum Gasteiger partial charge on any atom is 0.261 e. The second kappa shape index (κ2) is 12.4. The number of aromatic nitrogens is 2. The van der Waals surface area contributed by atoms with Crippen molar-refractivity contribution < 1.29 is 4.79 Å². The van der Waals surface area contributed by atoms with Gasteiger partial charge in [0, 0.05) is 33.2 Å². The van der Waals surface area contributed by atoms with E-state index in [1.807, 2.05) is 55.1 Å². The van der Waals surface area contributed by atoms with Crippen molar-refractivity contribution in [3.05, 3.63) is 109 Å². The minimum Gasteiger partial charge on any atom is -0.327 e. The van der Waals surface area contributed by atoms with Gasteiger partial charge in [0.05, 0.1) is 23.5 Å². The zero-order valence-electron chi connectivity index (χ0n) is 21.5. The molecule has 4 rings (SSSR count). The number of carbonyl (C=O) groups excluding carboxylic acids is 1. The molecule has 9 heteroatoms. The Hall–Kier alpha value is -2.71. The summed E-state index contributed by atoms with van der Waals surface area (Å²) in [6.07, 6.45) is 0.564. The van der Waals surface area contributed by atoms with Gasteiger partial charge in [-0.2, -0.15) is 0 Å². The maximum atomic E-state index is 13.9. The molecule has 1 atom stereocenters. The van der Waals surface area contributed by atoms with Crippen molar-refractivity contribution in [2.45, 2.75) is 25.9 Å². The van der Waals surface area contributed by atoms with Gasteiger partial charge in [0.25, 0.3) is 11.5 Å². The van der Waals surface area contributed by atoms with Gasteiger partial charge in [-0.3, -0.25) is 14.2 Å². The fourth-order valence-electron chi connectivity index (χ4n) is 4.40. The normalized spacial score (nSPS) is 12.2. The standard InChI is InChI=1S/C29H29BrCl2N4O2/c1-4-26(35(16-15-34(2)3)28(37)20-7-9-21(30)10-8-20)27-33-25-17-23(32)13-14-24(25)29(38)36(27)18-19-5-11-22(31)12-6-19/h5-14,17,26H,4,15-16,18H2,1-3H3. The number of amides is 1. The number of hydrogen-bond donors (Lipinski definition) is 0. The molecule has 0 bridgehead atoms. The zero-order valence-corrected chi connectivity index (χ0v) is 24.6. The Kier molecular flexibility index (Phi) is 9.26. The SMILES string of the molecule is CCC(c1nc2cc(Cl)ccc2c(=O)n1Cc1ccc(Cl)cc1)N(CCN(C)C)C(=O)c1ccc(Br)cc1. The first kappa shape index (κ1) is 28.3. The Labute approximate surface area is 240 Å². The lowest BCUT2D eigenvalue weighted by atomic mass is 10.1. The van der Waals surface area contributed by atoms with Gasteiger partial charge in [0.15, 0.2) is 0 Å². The van der Waals surface area contributed by atoms with Crippen LogP contribution in [-0.2, 0) is 6.54 Å². The number of hydrogen-bond acceptors (Lipinski definition) is 4. The summed E-state index contributed by atoms with van der Waals surface area (Å²) >= 11 is 15.8. The monoisotopic (exact) mass is 614 g/mol. The van der Waals surface area contributed by atoms with Crippen LogP contribution >= 0.6 is 39.1 Å². The van der Waals surface area contributed by atoms with Gasteiger partial charge in [0.2, 0.25) is 0 Å². The molecule has 1 heterocycles. The van der Waals surface area contributed by atoms with Gasteiger partial charge in [-0.25, -0.2) is 4.98 Å². The number of carbonyl (C=O) groups is 1. The summed E-state index contributed by atoms with van der Waals surface area (Å²) in [5.74, 6) is 0.399. The average Bonchev–Trinajstić information content (AvgIpc) is 2.89. The van der Waals surface area contributed by atoms with Crippen LogP contribution in [0.5, 0.6) is 0 Å². The van der Waals surface area contributed by atoms with Crippen LogP contribution in [0.1, 0.15) is 41.1 Å². The van der Waals surface area contributed by atoms with Crippen molar-refractivity contribution in [1.29, 1.82) is 0 Å². The van der Waals surface area contributed by atoms with E-state index < -0.39 is 6.04 Å². The Balaban J connectivity index is 1.89. The highest BCUT2D eigenvalue weighted by Gasteiger charge is 2.29. The second-order valence-electron chi connectivity index (χ2n) is 9.38. The van der Waals surface area contributed by atoms with Crippen LogP contribution in [0.4, 0.5) is 0 Å². The molecule has 0 radical (unpaired) electrons. The molecule has 0 aliphatic heterocycles. The third-order valence-corrected chi connectivity index (χ3v) is 7.42. The van der Waals surface area contributed by atoms with E-state index in [4.69, 9.17) is 28.2 Å². The summed E-state index contributed by atoms with van der Waals surface area (Å²) in [7, 11) is 3.94. The lowest BCUT2D eigenvalue weighted by Gasteiger charge is -2.33. The number of likely N-dealkylation sites (N-methyl/N-ethyl adjacent to an activating group) is 1. The molecule has 0 N–H and O–H groups in total. The zero-order chi connectivity index (χ0) is 27.4. The first-order chi connectivity index (χ1) is 18.2. The molecular weight excluding hydrogens is 587 g/mol. The van der Waals surface area contributed by atoms with E-state index >= 15 is 0 Å². The highest BCUT2D eigenvalue weighted by atomic mass is 79.9. The molecule has 0 fully saturated rings. The molecule has 38 heavy (non-hydrogen) atoms. The number of fused-ring (bicyclic) bond motifs is 1. The van der Waals surface area contributed by atoms with Gasteiger partial charge >= 0.3 is 0 Å². The van der Waals surface area contributed by atoms with Gasteiger partial charge in [-0.15, -0.1) is 0 Å². The number of nitrogens with zero attached hydrogens (tertiary/aromatic N) is 4. The van der Waals surface area contributed by atoms with Crippen LogP contribution in [0.2, 0.25) is 10.0 Å². The predicted octanol–water partition coefficient (Wildman–Crippen LogP) is 6.67. The van der Waals surface area contributed by atoms with Crippen LogP contribution < -0.4 is 5.56 Å². The topological polar surface area (TPSA) is 58.4 Å². The van der Waals surface area contributed by atoms with Crippen molar-refractivity contribution in [2.75, 3.05) is 27.2 Å². The van der Waals surface area contributed by atoms with E-state index in [0.29, 0.717) is 58.4 Å². The van der Waals surface area contributed by atoms with Crippen molar-refractivity contribution in [1.82, 2.24) is 19.4 Å². The maximum absolute atomic E-state index is 13.9. The van der Waals surface area contributed by atoms with E-state index in [2.05, 4.69) is 15.9 Å². The summed E-state index contributed by atoms with van der Waals surface area (Å²) in [6.45, 7) is 3.41. The molecule has 0 aliphatic rings. The third kappa shape index (κ3) is 6.46. The van der Waals surface area contributed by atoms with Gasteiger partial charge in [-0.05, 0) is 80.7 Å². The minimum absolute atomic E-state index is 0.121. The van der Waals surface area contributed by atoms with Crippen LogP contribution in [0, 0.1) is 0 Å². The number of rotatable bonds is 9. The molecule has 0 saturated carbocycles. The summed E-state index contributed by atoms with van der Waals surface area (Å²) in [4.78, 5) is 36.6. The number of benzene rings is 3. The molecule has 4 aromatic rings. The lowest BCUT2D eigenvalue weighted by Crippen LogP contribution is -2.42. The molecule has 1 aromatic heterocycles. The van der Waals surface area contributed by atoms with Crippen LogP contribution in [-0.4, -0.2) is 52.4 Å². The Morgan fingerprint density at radius 2 is 1.63 bits per heavy atom. The van der Waals surface area contributed by atoms with E-state index in [1.165, 1.54) is 0 Å². The highest BCUT2D eigenvalue weighted by Crippen LogP contribution is 2.27. The lowest BCUT2D eigenvalue weighted by molar-refractivity contribution is 0.0642. The Morgan fingerprint density at radius 1 is 0.974 bits per heavy atom. The summed E-state index contributed by atoms with van der Waals surface area (Å²) in [5.41, 5.74) is 1.80. The largest absolute Gasteiger partial charge is 0.327 e. The van der Waals surface area contributed by atoms with Gasteiger partial charge < -0.3 is 9.80 Å². The van der Waals surface area contributed by atoms with Crippen molar-refractivity contribution >= 4 is 55.9 Å². The van der Waals surface area contributed by atoms with Gasteiger partial charge in [-0.1, -0.05) is 58.2 Å². The molecule has 3 aromatic carbocycles. The molecule has 0 spiro atoms. The predicted molar refractivity (Wildman–Crippen MR) is 158 cm³/mol. The van der Waals surface area contributed by atoms with Crippen LogP contribution in [0.25, 0.3) is 10.9 Å². The van der Waals surface area contributed by atoms with Crippen LogP contribution in [0.15, 0.2) is 76.0 Å². The summed E-state index contributed by atoms with van der Waals surface area (Å²) < 4.78 is 2.57. The molecule has 198 valence electrons. The fraction of sp³-hybridized carbons (Fsp3) is 0.276. The van der Waals surface area contributed by atoms with Crippen LogP contribution in [0.3, 0.4) is 0 Å². The summed E-state index contributed by atoms with van der Waals surface area (Å²) in [6, 6.07) is 19.3. The van der Waals surface area contributed by atoms with E-state index in [9.17, 15) is 9.59 Å². The molecule has 1 unspecified atom stereocenters. The average molecular weight is 616 g/mol. The molecule has 0 aliphatic carbocycles. The van der Waals surface area contributed by atoms with E-state index in [0.717, 1.165) is 10.0 Å². The minimum atomic E-state index is -0.450. The van der Waals surface area contributed by atoms with E-state index in [-0.39, 0.29) is 11.5 Å². The summed E-state index contributed by atoms with van der Waals surface area (Å²) in [5, 5.41) is 1.59. The van der Waals surface area contributed by atoms with Crippen molar-refractivity contribution in [3.63, 3.8) is 0 Å². The van der Waals surface area contributed by atoms with Crippen molar-refractivity contribution in [3.8, 4) is 0 Å². The van der Waals surface area contributed by atoms with Crippen molar-refractivity contribution in [2.24, 2.45) is 0 Å². The second-order valence-corrected chi connectivity index (χ2v) is 11.2. The quantitative estimate of drug-likeness (QED) is 0.211. The molecular formula is C29H29BrCl2N4O2. The number of halogens is 3. The van der Waals surface area contributed by atoms with E-state index in [1.54, 1.807) is 47.0 Å². The molecule has 1 amide bonds. The Bertz CT molecular complexity index is 1490. The Morgan fingerprint density at radius 3 is 2.26 bits per heavy atom. The molecule has 0 saturated heterocycles. The first-order valence-corrected chi connectivity index (χ1v) is 13.9. The molecule has 6 nitrogen and oxygen atoms in total. The highest BCUT2D eigenvalue weighted by molar-refractivity contribution is 9.10. The fourth-order valence-corrected chi connectivity index (χ4v) is 4.95. The first-order valence-electron chi connectivity index (χ1n) is 12.3.